The number of hydrogen-bond donors (Lipinski definition) is 1. The zero-order valence-corrected chi connectivity index (χ0v) is 11.5. The molecule has 3 heteroatoms. The molecule has 1 N–H and O–H groups in total. The summed E-state index contributed by atoms with van der Waals surface area (Å²) in [7, 11) is 2.06. The first-order valence-corrected chi connectivity index (χ1v) is 6.81. The molecule has 1 saturated heterocycles. The van der Waals surface area contributed by atoms with Crippen molar-refractivity contribution in [3.05, 3.63) is 30.3 Å². The highest BCUT2D eigenvalue weighted by molar-refractivity contribution is 5.20. The molecule has 1 aliphatic rings. The molecular weight excluding hydrogens is 224 g/mol. The largest absolute Gasteiger partial charge is 0.492 e. The first-order valence-electron chi connectivity index (χ1n) is 6.81. The number of likely N-dealkylation sites (tertiary alicyclic amines) is 1. The van der Waals surface area contributed by atoms with Crippen molar-refractivity contribution in [3.63, 3.8) is 0 Å². The topological polar surface area (TPSA) is 24.5 Å². The average molecular weight is 248 g/mol. The molecule has 1 aromatic rings. The van der Waals surface area contributed by atoms with Gasteiger partial charge in [0, 0.05) is 25.2 Å². The first-order chi connectivity index (χ1) is 8.72. The Hall–Kier alpha value is -1.06. The highest BCUT2D eigenvalue weighted by atomic mass is 16.5. The van der Waals surface area contributed by atoms with E-state index in [1.807, 2.05) is 30.3 Å². The molecule has 0 unspecified atom stereocenters. The van der Waals surface area contributed by atoms with Crippen molar-refractivity contribution < 1.29 is 4.74 Å². The Kier molecular flexibility index (Phi) is 4.61. The average Bonchev–Trinajstić information content (AvgIpc) is 2.42. The van der Waals surface area contributed by atoms with Crippen LogP contribution in [0.15, 0.2) is 30.3 Å². The van der Waals surface area contributed by atoms with E-state index in [0.29, 0.717) is 5.54 Å². The van der Waals surface area contributed by atoms with Gasteiger partial charge in [-0.25, -0.2) is 0 Å². The summed E-state index contributed by atoms with van der Waals surface area (Å²) in [5, 5.41) is 3.42. The Morgan fingerprint density at radius 1 is 1.22 bits per heavy atom. The number of ether oxygens (including phenoxy) is 1. The van der Waals surface area contributed by atoms with Crippen molar-refractivity contribution >= 4 is 0 Å². The molecule has 0 aromatic heterocycles. The van der Waals surface area contributed by atoms with Gasteiger partial charge in [-0.15, -0.1) is 0 Å². The monoisotopic (exact) mass is 248 g/mol. The van der Waals surface area contributed by atoms with Crippen molar-refractivity contribution in [2.24, 2.45) is 0 Å². The van der Waals surface area contributed by atoms with Gasteiger partial charge in [0.15, 0.2) is 0 Å². The Labute approximate surface area is 110 Å². The van der Waals surface area contributed by atoms with Crippen LogP contribution in [0.5, 0.6) is 5.75 Å². The maximum absolute atomic E-state index is 5.73. The number of piperidine rings is 1. The number of rotatable bonds is 5. The van der Waals surface area contributed by atoms with Crippen LogP contribution < -0.4 is 10.1 Å². The normalized spacial score (nSPS) is 19.7. The third kappa shape index (κ3) is 3.72. The zero-order valence-electron chi connectivity index (χ0n) is 11.5. The molecule has 18 heavy (non-hydrogen) atoms. The van der Waals surface area contributed by atoms with Crippen molar-refractivity contribution in [1.82, 2.24) is 10.2 Å². The molecular formula is C15H24N2O. The highest BCUT2D eigenvalue weighted by Crippen LogP contribution is 2.20. The lowest BCUT2D eigenvalue weighted by atomic mass is 9.90. The van der Waals surface area contributed by atoms with E-state index in [0.717, 1.165) is 32.0 Å². The Morgan fingerprint density at radius 2 is 1.89 bits per heavy atom. The van der Waals surface area contributed by atoms with Gasteiger partial charge in [0.1, 0.15) is 12.4 Å². The lowest BCUT2D eigenvalue weighted by molar-refractivity contribution is 0.132. The molecule has 0 saturated carbocycles. The fourth-order valence-electron chi connectivity index (χ4n) is 2.33. The maximum Gasteiger partial charge on any atom is 0.119 e. The third-order valence-electron chi connectivity index (χ3n) is 3.98. The molecule has 1 fully saturated rings. The molecule has 1 aromatic carbocycles. The van der Waals surface area contributed by atoms with E-state index in [1.54, 1.807) is 0 Å². The summed E-state index contributed by atoms with van der Waals surface area (Å²) in [6.45, 7) is 6.44. The predicted molar refractivity (Wildman–Crippen MR) is 75.1 cm³/mol. The highest BCUT2D eigenvalue weighted by Gasteiger charge is 2.27. The third-order valence-corrected chi connectivity index (χ3v) is 3.98. The van der Waals surface area contributed by atoms with E-state index in [-0.39, 0.29) is 0 Å². The Morgan fingerprint density at radius 3 is 2.50 bits per heavy atom. The lowest BCUT2D eigenvalue weighted by Crippen LogP contribution is -2.50. The van der Waals surface area contributed by atoms with Crippen molar-refractivity contribution in [2.75, 3.05) is 33.3 Å². The minimum absolute atomic E-state index is 0.330. The fourth-order valence-corrected chi connectivity index (χ4v) is 2.33. The van der Waals surface area contributed by atoms with E-state index < -0.39 is 0 Å². The van der Waals surface area contributed by atoms with Crippen molar-refractivity contribution in [2.45, 2.75) is 25.3 Å². The number of benzene rings is 1. The SMILES string of the molecule is CNC1(C)CCN(CCOc2ccccc2)CC1. The van der Waals surface area contributed by atoms with Gasteiger partial charge < -0.3 is 10.1 Å². The molecule has 0 aliphatic carbocycles. The second kappa shape index (κ2) is 6.21. The standard InChI is InChI=1S/C15H24N2O/c1-15(16-2)8-10-17(11-9-15)12-13-18-14-6-4-3-5-7-14/h3-7,16H,8-13H2,1-2H3. The maximum atomic E-state index is 5.73. The molecule has 3 nitrogen and oxygen atoms in total. The molecule has 1 aliphatic heterocycles. The summed E-state index contributed by atoms with van der Waals surface area (Å²) in [6.07, 6.45) is 2.43. The van der Waals surface area contributed by atoms with E-state index in [1.165, 1.54) is 12.8 Å². The van der Waals surface area contributed by atoms with Crippen LogP contribution in [0.4, 0.5) is 0 Å². The minimum Gasteiger partial charge on any atom is -0.492 e. The summed E-state index contributed by atoms with van der Waals surface area (Å²) in [5.74, 6) is 0.967. The number of hydrogen-bond acceptors (Lipinski definition) is 3. The van der Waals surface area contributed by atoms with Crippen molar-refractivity contribution in [1.29, 1.82) is 0 Å². The summed E-state index contributed by atoms with van der Waals surface area (Å²) >= 11 is 0. The van der Waals surface area contributed by atoms with E-state index in [2.05, 4.69) is 24.2 Å². The number of nitrogens with one attached hydrogen (secondary N) is 1. The van der Waals surface area contributed by atoms with Gasteiger partial charge in [-0.3, -0.25) is 4.90 Å². The molecule has 0 atom stereocenters. The number of nitrogens with zero attached hydrogens (tertiary/aromatic N) is 1. The molecule has 0 amide bonds. The van der Waals surface area contributed by atoms with Crippen LogP contribution in [0.25, 0.3) is 0 Å². The van der Waals surface area contributed by atoms with Gasteiger partial charge >= 0.3 is 0 Å². The van der Waals surface area contributed by atoms with E-state index in [9.17, 15) is 0 Å². The number of para-hydroxylation sites is 1. The minimum atomic E-state index is 0.330. The second-order valence-corrected chi connectivity index (χ2v) is 5.31. The zero-order chi connectivity index (χ0) is 12.8. The summed E-state index contributed by atoms with van der Waals surface area (Å²) in [6, 6.07) is 10.0. The van der Waals surface area contributed by atoms with Gasteiger partial charge in [-0.05, 0) is 38.9 Å². The molecule has 100 valence electrons. The van der Waals surface area contributed by atoms with Crippen LogP contribution >= 0.6 is 0 Å². The molecule has 0 bridgehead atoms. The van der Waals surface area contributed by atoms with E-state index >= 15 is 0 Å². The van der Waals surface area contributed by atoms with E-state index in [4.69, 9.17) is 4.74 Å². The Balaban J connectivity index is 1.67. The van der Waals surface area contributed by atoms with Crippen LogP contribution in [0, 0.1) is 0 Å². The van der Waals surface area contributed by atoms with Gasteiger partial charge in [0.05, 0.1) is 0 Å². The summed E-state index contributed by atoms with van der Waals surface area (Å²) in [4.78, 5) is 2.49. The van der Waals surface area contributed by atoms with Crippen LogP contribution in [0.2, 0.25) is 0 Å². The van der Waals surface area contributed by atoms with Crippen LogP contribution in [0.3, 0.4) is 0 Å². The smallest absolute Gasteiger partial charge is 0.119 e. The van der Waals surface area contributed by atoms with Crippen LogP contribution in [0.1, 0.15) is 19.8 Å². The summed E-state index contributed by atoms with van der Waals surface area (Å²) < 4.78 is 5.73. The second-order valence-electron chi connectivity index (χ2n) is 5.31. The quantitative estimate of drug-likeness (QED) is 0.864. The predicted octanol–water partition coefficient (Wildman–Crippen LogP) is 2.14. The fraction of sp³-hybridized carbons (Fsp3) is 0.600. The van der Waals surface area contributed by atoms with Gasteiger partial charge in [-0.1, -0.05) is 18.2 Å². The van der Waals surface area contributed by atoms with Gasteiger partial charge in [0.2, 0.25) is 0 Å². The lowest BCUT2D eigenvalue weighted by Gasteiger charge is -2.39. The Bertz CT molecular complexity index is 345. The van der Waals surface area contributed by atoms with Crippen LogP contribution in [-0.4, -0.2) is 43.7 Å². The van der Waals surface area contributed by atoms with Crippen LogP contribution in [-0.2, 0) is 0 Å². The molecule has 0 spiro atoms. The van der Waals surface area contributed by atoms with Gasteiger partial charge in [-0.2, -0.15) is 0 Å². The van der Waals surface area contributed by atoms with Gasteiger partial charge in [0.25, 0.3) is 0 Å². The van der Waals surface area contributed by atoms with Crippen molar-refractivity contribution in [3.8, 4) is 5.75 Å². The molecule has 2 rings (SSSR count). The summed E-state index contributed by atoms with van der Waals surface area (Å²) in [5.41, 5.74) is 0.330. The molecule has 0 radical (unpaired) electrons. The molecule has 1 heterocycles. The first kappa shape index (κ1) is 13.4.